The van der Waals surface area contributed by atoms with E-state index in [1.54, 1.807) is 26.4 Å². The molecule has 4 N–H and O–H groups in total. The maximum atomic E-state index is 5.87. The second-order valence-electron chi connectivity index (χ2n) is 3.37. The van der Waals surface area contributed by atoms with Gasteiger partial charge < -0.3 is 21.1 Å². The van der Waals surface area contributed by atoms with Gasteiger partial charge in [0.2, 0.25) is 4.77 Å². The maximum absolute atomic E-state index is 5.87. The molecule has 1 aromatic heterocycles. The fourth-order valence-electron chi connectivity index (χ4n) is 1.56. The molecule has 0 saturated heterocycles. The fraction of sp³-hybridized carbons (Fsp3) is 0.200. The molecule has 0 aliphatic heterocycles. The number of hydrogen-bond donors (Lipinski definition) is 2. The van der Waals surface area contributed by atoms with E-state index in [-0.39, 0.29) is 4.77 Å². The van der Waals surface area contributed by atoms with Crippen molar-refractivity contribution in [2.75, 3.05) is 25.8 Å². The summed E-state index contributed by atoms with van der Waals surface area (Å²) in [7, 11) is 3.10. The number of anilines is 1. The number of methoxy groups -OCH3 is 2. The van der Waals surface area contributed by atoms with E-state index in [0.717, 1.165) is 4.68 Å². The summed E-state index contributed by atoms with van der Waals surface area (Å²) in [6.07, 6.45) is 0. The zero-order valence-electron chi connectivity index (χ0n) is 9.43. The normalized spacial score (nSPS) is 10.5. The van der Waals surface area contributed by atoms with Crippen molar-refractivity contribution in [3.8, 4) is 11.5 Å². The Kier molecular flexibility index (Phi) is 2.76. The molecule has 7 heteroatoms. The first-order valence-corrected chi connectivity index (χ1v) is 5.18. The zero-order valence-corrected chi connectivity index (χ0v) is 10.2. The molecular weight excluding hydrogens is 240 g/mol. The third-order valence-corrected chi connectivity index (χ3v) is 2.75. The quantitative estimate of drug-likeness (QED) is 0.614. The predicted octanol–water partition coefficient (Wildman–Crippen LogP) is 1.08. The van der Waals surface area contributed by atoms with E-state index in [9.17, 15) is 0 Å². The van der Waals surface area contributed by atoms with Crippen LogP contribution in [0.4, 0.5) is 5.82 Å². The second kappa shape index (κ2) is 4.10. The van der Waals surface area contributed by atoms with Gasteiger partial charge in [-0.3, -0.25) is 0 Å². The van der Waals surface area contributed by atoms with Gasteiger partial charge in [0.25, 0.3) is 0 Å². The van der Waals surface area contributed by atoms with Crippen LogP contribution in [0.25, 0.3) is 10.9 Å². The van der Waals surface area contributed by atoms with Gasteiger partial charge in [-0.05, 0) is 18.3 Å². The van der Waals surface area contributed by atoms with Crippen LogP contribution in [0, 0.1) is 4.77 Å². The molecule has 6 nitrogen and oxygen atoms in total. The highest BCUT2D eigenvalue weighted by Crippen LogP contribution is 2.33. The summed E-state index contributed by atoms with van der Waals surface area (Å²) in [5, 5.41) is 0.666. The van der Waals surface area contributed by atoms with E-state index in [4.69, 9.17) is 33.3 Å². The number of benzene rings is 1. The van der Waals surface area contributed by atoms with Crippen LogP contribution in [0.5, 0.6) is 11.5 Å². The molecule has 1 aromatic carbocycles. The molecule has 0 radical (unpaired) electrons. The van der Waals surface area contributed by atoms with E-state index in [2.05, 4.69) is 4.98 Å². The van der Waals surface area contributed by atoms with Gasteiger partial charge in [-0.15, -0.1) is 0 Å². The van der Waals surface area contributed by atoms with E-state index >= 15 is 0 Å². The largest absolute Gasteiger partial charge is 0.493 e. The molecule has 0 spiro atoms. The molecule has 2 rings (SSSR count). The van der Waals surface area contributed by atoms with Gasteiger partial charge in [-0.1, -0.05) is 0 Å². The summed E-state index contributed by atoms with van der Waals surface area (Å²) < 4.78 is 11.7. The van der Waals surface area contributed by atoms with Crippen LogP contribution in [0.3, 0.4) is 0 Å². The monoisotopic (exact) mass is 252 g/mol. The first-order valence-electron chi connectivity index (χ1n) is 4.77. The minimum Gasteiger partial charge on any atom is -0.493 e. The molecule has 0 aliphatic rings. The number of rotatable bonds is 2. The number of ether oxygens (including phenoxy) is 2. The first-order chi connectivity index (χ1) is 8.08. The summed E-state index contributed by atoms with van der Waals surface area (Å²) in [5.41, 5.74) is 6.49. The Balaban J connectivity index is 2.88. The molecule has 1 heterocycles. The standard InChI is InChI=1S/C10H12N4O2S/c1-15-7-3-5-6(4-8(7)16-2)13-10(17)14(12)9(5)11/h3-4H,11-12H2,1-2H3. The van der Waals surface area contributed by atoms with Crippen molar-refractivity contribution in [1.82, 2.24) is 9.66 Å². The van der Waals surface area contributed by atoms with Gasteiger partial charge >= 0.3 is 0 Å². The Labute approximate surface area is 103 Å². The average Bonchev–Trinajstić information content (AvgIpc) is 2.34. The first kappa shape index (κ1) is 11.5. The molecule has 0 bridgehead atoms. The summed E-state index contributed by atoms with van der Waals surface area (Å²) in [5.74, 6) is 7.12. The van der Waals surface area contributed by atoms with Crippen molar-refractivity contribution in [2.24, 2.45) is 0 Å². The highest BCUT2D eigenvalue weighted by Gasteiger charge is 2.11. The minimum absolute atomic E-state index is 0.210. The SMILES string of the molecule is COc1cc2nc(=S)n(N)c(N)c2cc1OC. The van der Waals surface area contributed by atoms with Crippen LogP contribution in [0.1, 0.15) is 0 Å². The number of nitrogens with zero attached hydrogens (tertiary/aromatic N) is 2. The Morgan fingerprint density at radius 1 is 1.24 bits per heavy atom. The molecule has 0 amide bonds. The molecular formula is C10H12N4O2S. The van der Waals surface area contributed by atoms with Crippen LogP contribution in [-0.2, 0) is 0 Å². The lowest BCUT2D eigenvalue weighted by atomic mass is 10.2. The van der Waals surface area contributed by atoms with Crippen molar-refractivity contribution in [3.63, 3.8) is 0 Å². The number of nitrogens with two attached hydrogens (primary N) is 2. The predicted molar refractivity (Wildman–Crippen MR) is 68.2 cm³/mol. The highest BCUT2D eigenvalue weighted by atomic mass is 32.1. The van der Waals surface area contributed by atoms with Gasteiger partial charge in [-0.2, -0.15) is 0 Å². The summed E-state index contributed by atoms with van der Waals surface area (Å²) in [4.78, 5) is 4.16. The number of aromatic nitrogens is 2. The average molecular weight is 252 g/mol. The number of hydrogen-bond acceptors (Lipinski definition) is 6. The molecule has 90 valence electrons. The summed E-state index contributed by atoms with van der Waals surface area (Å²) in [6, 6.07) is 3.43. The Bertz CT molecular complexity index is 638. The number of fused-ring (bicyclic) bond motifs is 1. The lowest BCUT2D eigenvalue weighted by Gasteiger charge is -2.11. The molecule has 0 saturated carbocycles. The molecule has 0 aliphatic carbocycles. The lowest BCUT2D eigenvalue weighted by Crippen LogP contribution is -2.16. The molecule has 0 fully saturated rings. The van der Waals surface area contributed by atoms with Crippen molar-refractivity contribution in [2.45, 2.75) is 0 Å². The summed E-state index contributed by atoms with van der Waals surface area (Å²) >= 11 is 4.98. The van der Waals surface area contributed by atoms with Crippen LogP contribution < -0.4 is 21.1 Å². The van der Waals surface area contributed by atoms with Crippen LogP contribution in [0.2, 0.25) is 0 Å². The third-order valence-electron chi connectivity index (χ3n) is 2.46. The number of nitrogen functional groups attached to an aromatic ring is 2. The summed E-state index contributed by atoms with van der Waals surface area (Å²) in [6.45, 7) is 0. The van der Waals surface area contributed by atoms with E-state index < -0.39 is 0 Å². The molecule has 0 atom stereocenters. The fourth-order valence-corrected chi connectivity index (χ4v) is 1.75. The van der Waals surface area contributed by atoms with Crippen molar-refractivity contribution in [3.05, 3.63) is 16.9 Å². The Morgan fingerprint density at radius 3 is 2.41 bits per heavy atom. The zero-order chi connectivity index (χ0) is 12.6. The van der Waals surface area contributed by atoms with Gasteiger partial charge in [0.15, 0.2) is 11.5 Å². The maximum Gasteiger partial charge on any atom is 0.220 e. The third kappa shape index (κ3) is 1.74. The Morgan fingerprint density at radius 2 is 1.82 bits per heavy atom. The van der Waals surface area contributed by atoms with Crippen LogP contribution in [0.15, 0.2) is 12.1 Å². The molecule has 2 aromatic rings. The van der Waals surface area contributed by atoms with Gasteiger partial charge in [0.1, 0.15) is 5.82 Å². The van der Waals surface area contributed by atoms with Gasteiger partial charge in [0, 0.05) is 11.5 Å². The van der Waals surface area contributed by atoms with Crippen molar-refractivity contribution in [1.29, 1.82) is 0 Å². The molecule has 17 heavy (non-hydrogen) atoms. The lowest BCUT2D eigenvalue weighted by molar-refractivity contribution is 0.356. The van der Waals surface area contributed by atoms with E-state index in [1.165, 1.54) is 0 Å². The van der Waals surface area contributed by atoms with E-state index in [1.807, 2.05) is 0 Å². The van der Waals surface area contributed by atoms with Crippen molar-refractivity contribution >= 4 is 28.9 Å². The smallest absolute Gasteiger partial charge is 0.220 e. The minimum atomic E-state index is 0.210. The van der Waals surface area contributed by atoms with Crippen molar-refractivity contribution < 1.29 is 9.47 Å². The second-order valence-corrected chi connectivity index (χ2v) is 3.74. The topological polar surface area (TPSA) is 88.3 Å². The Hall–Kier alpha value is -2.02. The van der Waals surface area contributed by atoms with Crippen LogP contribution in [-0.4, -0.2) is 23.9 Å². The van der Waals surface area contributed by atoms with Crippen LogP contribution >= 0.6 is 12.2 Å². The van der Waals surface area contributed by atoms with E-state index in [0.29, 0.717) is 28.2 Å². The molecule has 0 unspecified atom stereocenters. The highest BCUT2D eigenvalue weighted by molar-refractivity contribution is 7.71. The van der Waals surface area contributed by atoms with Gasteiger partial charge in [-0.25, -0.2) is 9.66 Å². The van der Waals surface area contributed by atoms with Gasteiger partial charge in [0.05, 0.1) is 19.7 Å².